The topological polar surface area (TPSA) is 129 Å². The van der Waals surface area contributed by atoms with Gasteiger partial charge in [0.1, 0.15) is 34.7 Å². The van der Waals surface area contributed by atoms with E-state index in [-0.39, 0.29) is 52.7 Å². The minimum atomic E-state index is -0.781. The van der Waals surface area contributed by atoms with Crippen molar-refractivity contribution in [1.82, 2.24) is 14.8 Å². The van der Waals surface area contributed by atoms with E-state index in [9.17, 15) is 14.9 Å². The van der Waals surface area contributed by atoms with Crippen molar-refractivity contribution in [2.24, 2.45) is 0 Å². The van der Waals surface area contributed by atoms with Crippen LogP contribution in [0.1, 0.15) is 77.5 Å². The Morgan fingerprint density at radius 1 is 1.05 bits per heavy atom. The number of benzene rings is 2. The first-order valence-electron chi connectivity index (χ1n) is 19.0. The number of nitrogens with zero attached hydrogens (tertiary/aromatic N) is 5. The molecule has 0 radical (unpaired) electrons. The number of hydrogen-bond donors (Lipinski definition) is 1. The third-order valence-corrected chi connectivity index (χ3v) is 12.4. The average Bonchev–Trinajstić information content (AvgIpc) is 3.80. The van der Waals surface area contributed by atoms with Crippen LogP contribution in [0.4, 0.5) is 24.7 Å². The molecule has 56 heavy (non-hydrogen) atoms. The van der Waals surface area contributed by atoms with Crippen molar-refractivity contribution in [3.8, 4) is 23.1 Å². The molecule has 296 valence electrons. The quantitative estimate of drug-likeness (QED) is 0.202. The third kappa shape index (κ3) is 6.97. The molecule has 4 aliphatic rings. The van der Waals surface area contributed by atoms with E-state index in [0.717, 1.165) is 59.3 Å². The highest BCUT2D eigenvalue weighted by Gasteiger charge is 2.44. The van der Waals surface area contributed by atoms with E-state index in [0.29, 0.717) is 52.6 Å². The van der Waals surface area contributed by atoms with E-state index in [1.165, 1.54) is 6.07 Å². The second-order valence-electron chi connectivity index (χ2n) is 17.1. The lowest BCUT2D eigenvalue weighted by Gasteiger charge is -2.43. The number of hydrogen-bond acceptors (Lipinski definition) is 11. The number of anilines is 2. The maximum atomic E-state index is 15.6. The Morgan fingerprint density at radius 2 is 1.75 bits per heavy atom. The molecule has 0 saturated carbocycles. The van der Waals surface area contributed by atoms with Crippen LogP contribution in [-0.4, -0.2) is 89.6 Å². The summed E-state index contributed by atoms with van der Waals surface area (Å²) in [6.45, 7) is 13.8. The molecule has 0 spiro atoms. The van der Waals surface area contributed by atoms with Crippen molar-refractivity contribution < 1.29 is 32.9 Å². The van der Waals surface area contributed by atoms with Gasteiger partial charge in [0, 0.05) is 53.6 Å². The van der Waals surface area contributed by atoms with E-state index >= 15 is 4.39 Å². The molecule has 1 N–H and O–H groups in total. The van der Waals surface area contributed by atoms with Crippen LogP contribution in [0.25, 0.3) is 32.1 Å². The number of piperazine rings is 1. The molecule has 0 aliphatic carbocycles. The molecule has 2 amide bonds. The molecule has 3 atom stereocenters. The number of pyridine rings is 1. The molecule has 2 aromatic carbocycles. The molecule has 2 bridgehead atoms. The highest BCUT2D eigenvalue weighted by molar-refractivity contribution is 7.23. The Morgan fingerprint density at radius 3 is 2.38 bits per heavy atom. The van der Waals surface area contributed by atoms with Crippen LogP contribution in [0.3, 0.4) is 0 Å². The number of carbonyl (C=O) groups excluding carboxylic acids is 2. The van der Waals surface area contributed by atoms with E-state index < -0.39 is 23.1 Å². The maximum Gasteiger partial charge on any atom is 0.412 e. The van der Waals surface area contributed by atoms with E-state index in [1.807, 2.05) is 31.7 Å². The number of likely N-dealkylation sites (N-methyl/N-ethyl adjacent to an activating group) is 1. The van der Waals surface area contributed by atoms with E-state index in [2.05, 4.69) is 28.2 Å². The van der Waals surface area contributed by atoms with E-state index in [1.54, 1.807) is 26.8 Å². The Hall–Kier alpha value is -4.42. The van der Waals surface area contributed by atoms with Crippen LogP contribution in [0.2, 0.25) is 5.02 Å². The Labute approximate surface area is 334 Å². The van der Waals surface area contributed by atoms with Crippen LogP contribution in [0, 0.1) is 17.1 Å². The summed E-state index contributed by atoms with van der Waals surface area (Å²) in [7, 11) is 2.07. The van der Waals surface area contributed by atoms with Crippen molar-refractivity contribution in [2.45, 2.75) is 103 Å². The van der Waals surface area contributed by atoms with Gasteiger partial charge in [-0.2, -0.15) is 5.26 Å². The van der Waals surface area contributed by atoms with Gasteiger partial charge in [-0.05, 0) is 97.2 Å². The predicted octanol–water partition coefficient (Wildman–Crippen LogP) is 8.83. The normalized spacial score (nSPS) is 20.9. The fourth-order valence-electron chi connectivity index (χ4n) is 8.35. The molecule has 4 aliphatic heterocycles. The van der Waals surface area contributed by atoms with Gasteiger partial charge in [-0.15, -0.1) is 11.3 Å². The SMILES string of the molecule is CN1CC[C@H]1COc1cc(N2C3CCC2CN(C(=O)OC(C)(C)C)C3)c2c3c(c(-c4ccc(F)c5sc(NC(=O)OC(C)(C)C)c(C#N)c45)c(Cl)c2n1)COC3. The number of nitrogens with one attached hydrogen (secondary N) is 1. The third-order valence-electron chi connectivity index (χ3n) is 10.9. The second kappa shape index (κ2) is 14.2. The molecule has 2 unspecified atom stereocenters. The zero-order valence-electron chi connectivity index (χ0n) is 32.7. The molecule has 15 heteroatoms. The number of halogens is 2. The van der Waals surface area contributed by atoms with Crippen molar-refractivity contribution in [1.29, 1.82) is 5.26 Å². The minimum Gasteiger partial charge on any atom is -0.476 e. The van der Waals surface area contributed by atoms with Gasteiger partial charge < -0.3 is 28.7 Å². The largest absolute Gasteiger partial charge is 0.476 e. The van der Waals surface area contributed by atoms with Crippen LogP contribution in [0.15, 0.2) is 18.2 Å². The van der Waals surface area contributed by atoms with Gasteiger partial charge >= 0.3 is 12.2 Å². The van der Waals surface area contributed by atoms with Gasteiger partial charge in [-0.25, -0.2) is 19.0 Å². The number of nitriles is 1. The van der Waals surface area contributed by atoms with Gasteiger partial charge in [-0.1, -0.05) is 17.7 Å². The zero-order chi connectivity index (χ0) is 39.8. The number of likely N-dealkylation sites (tertiary alicyclic amines) is 2. The molecular formula is C41H46ClFN6O6S. The molecule has 8 rings (SSSR count). The monoisotopic (exact) mass is 804 g/mol. The summed E-state index contributed by atoms with van der Waals surface area (Å²) >= 11 is 8.52. The Balaban J connectivity index is 1.28. The first-order chi connectivity index (χ1) is 26.5. The molecule has 4 aromatic rings. The van der Waals surface area contributed by atoms with Gasteiger partial charge in [0.15, 0.2) is 0 Å². The maximum absolute atomic E-state index is 15.6. The number of aromatic nitrogens is 1. The summed E-state index contributed by atoms with van der Waals surface area (Å²) in [5, 5.41) is 14.8. The van der Waals surface area contributed by atoms with Crippen molar-refractivity contribution in [2.75, 3.05) is 43.5 Å². The van der Waals surface area contributed by atoms with Gasteiger partial charge in [0.25, 0.3) is 0 Å². The van der Waals surface area contributed by atoms with Crippen LogP contribution in [-0.2, 0) is 27.4 Å². The Bertz CT molecular complexity index is 2300. The number of thiophene rings is 1. The van der Waals surface area contributed by atoms with E-state index in [4.69, 9.17) is 35.5 Å². The lowest BCUT2D eigenvalue weighted by molar-refractivity contribution is 0.0209. The summed E-state index contributed by atoms with van der Waals surface area (Å²) in [5.74, 6) is -0.111. The molecule has 12 nitrogen and oxygen atoms in total. The first kappa shape index (κ1) is 38.5. The standard InChI is InChI=1S/C41H46ClFN6O6S/c1-40(2,3)54-38(50)46-37-25(15-44)32-24(10-11-28(43)36(32)56-37)31-26-19-52-20-27(26)33-29(14-30(45-35(33)34(31)42)53-18-23-12-13-47(23)7)49-21-8-9-22(49)17-48(16-21)39(51)55-41(4,5)6/h10-11,14,21-23H,8-9,12-13,16-20H2,1-7H3,(H,46,50)/t21?,22?,23-/m0/s1. The van der Waals surface area contributed by atoms with Crippen molar-refractivity contribution in [3.63, 3.8) is 0 Å². The molecule has 3 fully saturated rings. The zero-order valence-corrected chi connectivity index (χ0v) is 34.3. The molecule has 6 heterocycles. The number of rotatable bonds is 6. The summed E-state index contributed by atoms with van der Waals surface area (Å²) in [5.41, 5.74) is 2.97. The fraction of sp³-hybridized carbons (Fsp3) is 0.512. The minimum absolute atomic E-state index is 0.0190. The lowest BCUT2D eigenvalue weighted by Crippen LogP contribution is -2.56. The number of fused-ring (bicyclic) bond motifs is 6. The summed E-state index contributed by atoms with van der Waals surface area (Å²) in [6, 6.07) is 7.49. The van der Waals surface area contributed by atoms with Gasteiger partial charge in [-0.3, -0.25) is 10.2 Å². The van der Waals surface area contributed by atoms with Crippen LogP contribution >= 0.6 is 22.9 Å². The molecule has 2 aromatic heterocycles. The number of carbonyl (C=O) groups is 2. The average molecular weight is 805 g/mol. The van der Waals surface area contributed by atoms with Crippen molar-refractivity contribution in [3.05, 3.63) is 45.7 Å². The smallest absolute Gasteiger partial charge is 0.412 e. The van der Waals surface area contributed by atoms with Gasteiger partial charge in [0.05, 0.1) is 39.7 Å². The summed E-state index contributed by atoms with van der Waals surface area (Å²) in [4.78, 5) is 37.6. The lowest BCUT2D eigenvalue weighted by atomic mass is 9.90. The highest BCUT2D eigenvalue weighted by Crippen LogP contribution is 2.52. The molecular weight excluding hydrogens is 759 g/mol. The first-order valence-corrected chi connectivity index (χ1v) is 20.2. The highest BCUT2D eigenvalue weighted by atomic mass is 35.5. The summed E-state index contributed by atoms with van der Waals surface area (Å²) < 4.78 is 39.7. The number of ether oxygens (including phenoxy) is 4. The van der Waals surface area contributed by atoms with Crippen LogP contribution in [0.5, 0.6) is 5.88 Å². The number of amides is 2. The summed E-state index contributed by atoms with van der Waals surface area (Å²) in [6.07, 6.45) is 1.74. The Kier molecular flexibility index (Phi) is 9.75. The predicted molar refractivity (Wildman–Crippen MR) is 214 cm³/mol. The second-order valence-corrected chi connectivity index (χ2v) is 18.5. The van der Waals surface area contributed by atoms with Crippen LogP contribution < -0.4 is 15.0 Å². The van der Waals surface area contributed by atoms with Gasteiger partial charge in [0.2, 0.25) is 5.88 Å². The fourth-order valence-corrected chi connectivity index (χ4v) is 9.78. The van der Waals surface area contributed by atoms with Crippen molar-refractivity contribution >= 4 is 66.8 Å². The molecule has 3 saturated heterocycles.